The Labute approximate surface area is 235 Å². The summed E-state index contributed by atoms with van der Waals surface area (Å²) < 4.78 is 23.1. The summed E-state index contributed by atoms with van der Waals surface area (Å²) in [6.45, 7) is 8.21. The molecule has 1 aliphatic heterocycles. The van der Waals surface area contributed by atoms with Crippen LogP contribution in [0.2, 0.25) is 0 Å². The fourth-order valence-electron chi connectivity index (χ4n) is 5.56. The molecule has 1 saturated heterocycles. The van der Waals surface area contributed by atoms with Crippen LogP contribution in [0.4, 0.5) is 4.39 Å². The van der Waals surface area contributed by atoms with Gasteiger partial charge in [-0.2, -0.15) is 0 Å². The highest BCUT2D eigenvalue weighted by Crippen LogP contribution is 2.39. The van der Waals surface area contributed by atoms with Crippen LogP contribution in [-0.4, -0.2) is 45.2 Å². The van der Waals surface area contributed by atoms with E-state index >= 15 is 0 Å². The number of hydrogen-bond acceptors (Lipinski definition) is 5. The first-order valence-corrected chi connectivity index (χ1v) is 14.0. The molecule has 1 aromatic heterocycles. The molecule has 7 nitrogen and oxygen atoms in total. The zero-order valence-electron chi connectivity index (χ0n) is 23.4. The van der Waals surface area contributed by atoms with Gasteiger partial charge in [0, 0.05) is 36.5 Å². The first-order chi connectivity index (χ1) is 19.2. The van der Waals surface area contributed by atoms with E-state index in [-0.39, 0.29) is 23.8 Å². The number of aliphatic hydroxyl groups excluding tert-OH is 2. The number of halogens is 1. The van der Waals surface area contributed by atoms with Crippen molar-refractivity contribution in [3.8, 4) is 22.6 Å². The SMILES string of the molecule is Cc1c(-c2ccc(F)c(Oc3ccccc3)c2)c(CC=C(O)CC(O)CC(=O)O)c(C(C)C)n1N1CCCCC1. The summed E-state index contributed by atoms with van der Waals surface area (Å²) in [7, 11) is 0. The van der Waals surface area contributed by atoms with Gasteiger partial charge in [0.05, 0.1) is 18.3 Å². The molecule has 0 aliphatic carbocycles. The van der Waals surface area contributed by atoms with E-state index in [9.17, 15) is 19.4 Å². The van der Waals surface area contributed by atoms with Gasteiger partial charge < -0.3 is 25.1 Å². The Morgan fingerprint density at radius 2 is 1.75 bits per heavy atom. The van der Waals surface area contributed by atoms with Crippen molar-refractivity contribution in [2.75, 3.05) is 18.1 Å². The predicted octanol–water partition coefficient (Wildman–Crippen LogP) is 6.85. The van der Waals surface area contributed by atoms with Crippen molar-refractivity contribution in [3.05, 3.63) is 83.1 Å². The lowest BCUT2D eigenvalue weighted by Gasteiger charge is -2.34. The molecule has 1 aliphatic rings. The lowest BCUT2D eigenvalue weighted by atomic mass is 9.94. The second-order valence-corrected chi connectivity index (χ2v) is 10.7. The smallest absolute Gasteiger partial charge is 0.305 e. The predicted molar refractivity (Wildman–Crippen MR) is 154 cm³/mol. The number of ether oxygens (including phenoxy) is 1. The molecular weight excluding hydrogens is 511 g/mol. The molecule has 0 spiro atoms. The summed E-state index contributed by atoms with van der Waals surface area (Å²) in [6, 6.07) is 14.0. The molecule has 0 bridgehead atoms. The minimum atomic E-state index is -1.17. The van der Waals surface area contributed by atoms with Crippen molar-refractivity contribution >= 4 is 5.97 Å². The number of aliphatic carboxylic acids is 1. The Bertz CT molecular complexity index is 1340. The van der Waals surface area contributed by atoms with Crippen LogP contribution in [0, 0.1) is 12.7 Å². The van der Waals surface area contributed by atoms with Gasteiger partial charge in [-0.15, -0.1) is 0 Å². The van der Waals surface area contributed by atoms with Crippen molar-refractivity contribution in [2.45, 2.75) is 71.3 Å². The number of piperidine rings is 1. The van der Waals surface area contributed by atoms with Crippen LogP contribution < -0.4 is 9.75 Å². The van der Waals surface area contributed by atoms with E-state index in [1.165, 1.54) is 12.5 Å². The third-order valence-corrected chi connectivity index (χ3v) is 7.27. The van der Waals surface area contributed by atoms with Gasteiger partial charge in [-0.3, -0.25) is 9.47 Å². The molecular formula is C32H39FN2O5. The van der Waals surface area contributed by atoms with Gasteiger partial charge in [0.15, 0.2) is 11.6 Å². The molecule has 0 saturated carbocycles. The van der Waals surface area contributed by atoms with Gasteiger partial charge in [-0.25, -0.2) is 4.39 Å². The van der Waals surface area contributed by atoms with Crippen LogP contribution in [0.3, 0.4) is 0 Å². The van der Waals surface area contributed by atoms with Crippen LogP contribution in [0.15, 0.2) is 60.4 Å². The molecule has 8 heteroatoms. The van der Waals surface area contributed by atoms with Crippen molar-refractivity contribution < 1.29 is 29.2 Å². The number of hydrogen-bond donors (Lipinski definition) is 3. The fourth-order valence-corrected chi connectivity index (χ4v) is 5.56. The number of aliphatic hydroxyl groups is 2. The highest BCUT2D eigenvalue weighted by molar-refractivity contribution is 5.74. The Kier molecular flexibility index (Phi) is 9.53. The molecule has 4 rings (SSSR count). The molecule has 3 aromatic rings. The van der Waals surface area contributed by atoms with Gasteiger partial charge >= 0.3 is 5.97 Å². The van der Waals surface area contributed by atoms with Gasteiger partial charge in [0.25, 0.3) is 0 Å². The second kappa shape index (κ2) is 13.0. The van der Waals surface area contributed by atoms with E-state index in [2.05, 4.69) is 30.5 Å². The van der Waals surface area contributed by atoms with E-state index < -0.39 is 24.3 Å². The maximum Gasteiger partial charge on any atom is 0.305 e. The monoisotopic (exact) mass is 550 g/mol. The van der Waals surface area contributed by atoms with Crippen molar-refractivity contribution in [2.24, 2.45) is 0 Å². The Morgan fingerprint density at radius 1 is 1.05 bits per heavy atom. The summed E-state index contributed by atoms with van der Waals surface area (Å²) in [4.78, 5) is 10.9. The summed E-state index contributed by atoms with van der Waals surface area (Å²) in [5.74, 6) is -0.832. The standard InChI is InChI=1S/C32H39FN2O5/c1-21(2)32-27(14-13-24(36)19-25(37)20-30(38)39)31(22(3)35(32)34-16-8-5-9-17-34)23-12-15-28(33)29(18-23)40-26-10-6-4-7-11-26/h4,6-7,10-13,15,18,21,25,36-37H,5,8-9,14,16-17,19-20H2,1-3H3,(H,38,39). The zero-order chi connectivity index (χ0) is 28.8. The number of nitrogens with zero attached hydrogens (tertiary/aromatic N) is 2. The van der Waals surface area contributed by atoms with Crippen LogP contribution in [-0.2, 0) is 11.2 Å². The van der Waals surface area contributed by atoms with Crippen LogP contribution >= 0.6 is 0 Å². The molecule has 2 aromatic carbocycles. The average molecular weight is 551 g/mol. The van der Waals surface area contributed by atoms with Crippen molar-refractivity contribution in [3.63, 3.8) is 0 Å². The molecule has 1 unspecified atom stereocenters. The van der Waals surface area contributed by atoms with Crippen LogP contribution in [0.1, 0.15) is 68.8 Å². The summed E-state index contributed by atoms with van der Waals surface area (Å²) in [6.07, 6.45) is 3.65. The highest BCUT2D eigenvalue weighted by Gasteiger charge is 2.27. The third-order valence-electron chi connectivity index (χ3n) is 7.27. The third kappa shape index (κ3) is 6.86. The highest BCUT2D eigenvalue weighted by atomic mass is 19.1. The van der Waals surface area contributed by atoms with Crippen molar-refractivity contribution in [1.82, 2.24) is 4.68 Å². The van der Waals surface area contributed by atoms with Gasteiger partial charge in [0.1, 0.15) is 5.75 Å². The average Bonchev–Trinajstić information content (AvgIpc) is 3.21. The number of carboxylic acids is 1. The topological polar surface area (TPSA) is 95.2 Å². The van der Waals surface area contributed by atoms with E-state index in [4.69, 9.17) is 9.84 Å². The molecule has 0 amide bonds. The largest absolute Gasteiger partial charge is 0.513 e. The first kappa shape index (κ1) is 29.2. The lowest BCUT2D eigenvalue weighted by molar-refractivity contribution is -0.139. The number of aromatic nitrogens is 1. The summed E-state index contributed by atoms with van der Waals surface area (Å²) >= 11 is 0. The van der Waals surface area contributed by atoms with E-state index in [0.717, 1.165) is 54.0 Å². The minimum absolute atomic E-state index is 0.0648. The fraction of sp³-hybridized carbons (Fsp3) is 0.406. The van der Waals surface area contributed by atoms with Crippen molar-refractivity contribution in [1.29, 1.82) is 0 Å². The zero-order valence-corrected chi connectivity index (χ0v) is 23.4. The first-order valence-electron chi connectivity index (χ1n) is 14.0. The molecule has 2 heterocycles. The Hall–Kier alpha value is -3.78. The van der Waals surface area contributed by atoms with Gasteiger partial charge in [0.2, 0.25) is 0 Å². The van der Waals surface area contributed by atoms with Crippen LogP contribution in [0.25, 0.3) is 11.1 Å². The molecule has 1 fully saturated rings. The second-order valence-electron chi connectivity index (χ2n) is 10.7. The number of carboxylic acid groups (broad SMARTS) is 1. The molecule has 0 radical (unpaired) electrons. The Balaban J connectivity index is 1.80. The lowest BCUT2D eigenvalue weighted by Crippen LogP contribution is -2.41. The van der Waals surface area contributed by atoms with Crippen LogP contribution in [0.5, 0.6) is 11.5 Å². The Morgan fingerprint density at radius 3 is 2.40 bits per heavy atom. The molecule has 40 heavy (non-hydrogen) atoms. The molecule has 3 N–H and O–H groups in total. The maximum atomic E-state index is 14.9. The molecule has 1 atom stereocenters. The van der Waals surface area contributed by atoms with E-state index in [1.54, 1.807) is 30.3 Å². The normalized spacial score (nSPS) is 14.9. The summed E-state index contributed by atoms with van der Waals surface area (Å²) in [5, 5.41) is 31.9. The number of allylic oxidation sites excluding steroid dienone is 1. The number of benzene rings is 2. The van der Waals surface area contributed by atoms with Gasteiger partial charge in [-0.1, -0.05) is 38.1 Å². The van der Waals surface area contributed by atoms with Gasteiger partial charge in [-0.05, 0) is 80.0 Å². The summed E-state index contributed by atoms with van der Waals surface area (Å²) in [5.41, 5.74) is 4.88. The minimum Gasteiger partial charge on any atom is -0.513 e. The number of carbonyl (C=O) groups is 1. The quantitative estimate of drug-likeness (QED) is 0.226. The van der Waals surface area contributed by atoms with E-state index in [0.29, 0.717) is 12.2 Å². The number of rotatable bonds is 11. The number of para-hydroxylation sites is 1. The molecule has 214 valence electrons. The van der Waals surface area contributed by atoms with E-state index in [1.807, 2.05) is 18.2 Å². The maximum absolute atomic E-state index is 14.9.